The molecule has 1 aromatic carbocycles. The monoisotopic (exact) mass is 336 g/mol. The van der Waals surface area contributed by atoms with E-state index in [2.05, 4.69) is 70.3 Å². The van der Waals surface area contributed by atoms with Gasteiger partial charge in [-0.05, 0) is 18.9 Å². The molecule has 0 amide bonds. The molecule has 0 bridgehead atoms. The second-order valence-corrected chi connectivity index (χ2v) is 7.62. The van der Waals surface area contributed by atoms with E-state index in [0.717, 1.165) is 46.9 Å². The Bertz CT molecular complexity index is 857. The summed E-state index contributed by atoms with van der Waals surface area (Å²) in [6.45, 7) is 11.8. The first-order chi connectivity index (χ1) is 11.9. The lowest BCUT2D eigenvalue weighted by atomic mass is 9.92. The van der Waals surface area contributed by atoms with Crippen molar-refractivity contribution < 1.29 is 0 Å². The number of aromatic nitrogens is 3. The van der Waals surface area contributed by atoms with Crippen molar-refractivity contribution in [3.05, 3.63) is 47.8 Å². The molecule has 4 nitrogen and oxygen atoms in total. The van der Waals surface area contributed by atoms with Crippen molar-refractivity contribution in [3.8, 4) is 11.1 Å². The average molecular weight is 336 g/mol. The molecule has 0 fully saturated rings. The maximum atomic E-state index is 4.99. The number of unbranched alkanes of at least 4 members (excludes halogenated alkanes) is 1. The molecule has 4 heteroatoms. The first-order valence-corrected chi connectivity index (χ1v) is 9.12. The minimum Gasteiger partial charge on any atom is -0.370 e. The minimum atomic E-state index is -0.0188. The molecule has 1 N–H and O–H groups in total. The lowest BCUT2D eigenvalue weighted by molar-refractivity contribution is 0.568. The van der Waals surface area contributed by atoms with Gasteiger partial charge in [-0.25, -0.2) is 4.98 Å². The van der Waals surface area contributed by atoms with Crippen LogP contribution in [0.5, 0.6) is 0 Å². The van der Waals surface area contributed by atoms with E-state index in [9.17, 15) is 0 Å². The summed E-state index contributed by atoms with van der Waals surface area (Å²) in [4.78, 5) is 4.99. The van der Waals surface area contributed by atoms with Crippen molar-refractivity contribution in [2.45, 2.75) is 52.9 Å². The molecule has 132 valence electrons. The summed E-state index contributed by atoms with van der Waals surface area (Å²) in [5.41, 5.74) is 5.27. The number of fused-ring (bicyclic) bond motifs is 1. The number of rotatable bonds is 5. The van der Waals surface area contributed by atoms with Crippen molar-refractivity contribution in [1.82, 2.24) is 14.6 Å². The Hall–Kier alpha value is -2.36. The van der Waals surface area contributed by atoms with Crippen molar-refractivity contribution in [1.29, 1.82) is 0 Å². The van der Waals surface area contributed by atoms with E-state index in [1.165, 1.54) is 6.42 Å². The Balaban J connectivity index is 2.22. The predicted molar refractivity (Wildman–Crippen MR) is 105 cm³/mol. The molecule has 0 aliphatic heterocycles. The fraction of sp³-hybridized carbons (Fsp3) is 0.429. The third kappa shape index (κ3) is 3.53. The van der Waals surface area contributed by atoms with Crippen LogP contribution in [0.3, 0.4) is 0 Å². The van der Waals surface area contributed by atoms with Gasteiger partial charge in [0.15, 0.2) is 5.65 Å². The fourth-order valence-electron chi connectivity index (χ4n) is 2.97. The molecule has 2 aromatic heterocycles. The summed E-state index contributed by atoms with van der Waals surface area (Å²) in [6.07, 6.45) is 2.31. The predicted octanol–water partition coefficient (Wildman–Crippen LogP) is 5.21. The Labute approximate surface area is 150 Å². The van der Waals surface area contributed by atoms with E-state index in [1.54, 1.807) is 0 Å². The summed E-state index contributed by atoms with van der Waals surface area (Å²) in [5, 5.41) is 8.34. The molecule has 0 aliphatic rings. The van der Waals surface area contributed by atoms with Gasteiger partial charge in [0.2, 0.25) is 0 Å². The van der Waals surface area contributed by atoms with E-state index in [-0.39, 0.29) is 5.41 Å². The van der Waals surface area contributed by atoms with Crippen LogP contribution in [0.25, 0.3) is 16.8 Å². The van der Waals surface area contributed by atoms with Gasteiger partial charge in [-0.3, -0.25) is 0 Å². The minimum absolute atomic E-state index is 0.0188. The number of hydrogen-bond donors (Lipinski definition) is 1. The van der Waals surface area contributed by atoms with Gasteiger partial charge in [0.05, 0.1) is 11.4 Å². The van der Waals surface area contributed by atoms with Gasteiger partial charge < -0.3 is 5.32 Å². The summed E-state index contributed by atoms with van der Waals surface area (Å²) in [5.74, 6) is 1.02. The number of nitrogens with zero attached hydrogens (tertiary/aromatic N) is 3. The maximum Gasteiger partial charge on any atom is 0.165 e. The zero-order valence-corrected chi connectivity index (χ0v) is 15.9. The normalized spacial score (nSPS) is 11.9. The second-order valence-electron chi connectivity index (χ2n) is 7.62. The lowest BCUT2D eigenvalue weighted by Gasteiger charge is -2.20. The Morgan fingerprint density at radius 3 is 2.48 bits per heavy atom. The van der Waals surface area contributed by atoms with Gasteiger partial charge in [0.1, 0.15) is 5.82 Å². The molecule has 0 aliphatic carbocycles. The van der Waals surface area contributed by atoms with Crippen molar-refractivity contribution >= 4 is 11.5 Å². The quantitative estimate of drug-likeness (QED) is 0.650. The van der Waals surface area contributed by atoms with Gasteiger partial charge in [-0.15, -0.1) is 0 Å². The molecular formula is C21H28N4. The average Bonchev–Trinajstić information content (AvgIpc) is 2.91. The maximum absolute atomic E-state index is 4.99. The van der Waals surface area contributed by atoms with Gasteiger partial charge >= 0.3 is 0 Å². The van der Waals surface area contributed by atoms with Crippen molar-refractivity contribution in [3.63, 3.8) is 0 Å². The standard InChI is InChI=1S/C21H28N4/c1-6-7-13-22-18-14-17(21(3,4)5)23-20-19(15(2)24-25(18)20)16-11-9-8-10-12-16/h8-12,14,22H,6-7,13H2,1-5H3. The van der Waals surface area contributed by atoms with Crippen LogP contribution < -0.4 is 5.32 Å². The number of nitrogens with one attached hydrogen (secondary N) is 1. The molecule has 0 atom stereocenters. The smallest absolute Gasteiger partial charge is 0.165 e. The highest BCUT2D eigenvalue weighted by atomic mass is 15.3. The molecular weight excluding hydrogens is 308 g/mol. The number of aryl methyl sites for hydroxylation is 1. The van der Waals surface area contributed by atoms with Crippen molar-refractivity contribution in [2.75, 3.05) is 11.9 Å². The number of anilines is 1. The zero-order valence-electron chi connectivity index (χ0n) is 15.9. The molecule has 25 heavy (non-hydrogen) atoms. The van der Waals surface area contributed by atoms with Crippen LogP contribution in [-0.4, -0.2) is 21.1 Å². The second kappa shape index (κ2) is 6.87. The zero-order chi connectivity index (χ0) is 18.0. The topological polar surface area (TPSA) is 42.2 Å². The SMILES string of the molecule is CCCCNc1cc(C(C)(C)C)nc2c(-c3ccccc3)c(C)nn12. The van der Waals surface area contributed by atoms with E-state index in [4.69, 9.17) is 10.1 Å². The molecule has 2 heterocycles. The summed E-state index contributed by atoms with van der Waals surface area (Å²) >= 11 is 0. The Kier molecular flexibility index (Phi) is 4.80. The van der Waals surface area contributed by atoms with Crippen LogP contribution in [0, 0.1) is 6.92 Å². The highest BCUT2D eigenvalue weighted by Gasteiger charge is 2.22. The largest absolute Gasteiger partial charge is 0.370 e. The lowest BCUT2D eigenvalue weighted by Crippen LogP contribution is -2.17. The van der Waals surface area contributed by atoms with Gasteiger partial charge in [-0.2, -0.15) is 9.61 Å². The molecule has 0 saturated carbocycles. The van der Waals surface area contributed by atoms with E-state index >= 15 is 0 Å². The van der Waals surface area contributed by atoms with Crippen LogP contribution in [0.2, 0.25) is 0 Å². The molecule has 0 saturated heterocycles. The third-order valence-corrected chi connectivity index (χ3v) is 4.43. The Morgan fingerprint density at radius 1 is 1.12 bits per heavy atom. The third-order valence-electron chi connectivity index (χ3n) is 4.43. The molecule has 3 rings (SSSR count). The fourth-order valence-corrected chi connectivity index (χ4v) is 2.97. The van der Waals surface area contributed by atoms with E-state index in [0.29, 0.717) is 0 Å². The van der Waals surface area contributed by atoms with Gasteiger partial charge in [0.25, 0.3) is 0 Å². The number of hydrogen-bond acceptors (Lipinski definition) is 3. The summed E-state index contributed by atoms with van der Waals surface area (Å²) in [6, 6.07) is 12.6. The van der Waals surface area contributed by atoms with Crippen LogP contribution >= 0.6 is 0 Å². The van der Waals surface area contributed by atoms with Crippen LogP contribution in [-0.2, 0) is 5.41 Å². The summed E-state index contributed by atoms with van der Waals surface area (Å²) < 4.78 is 1.96. The summed E-state index contributed by atoms with van der Waals surface area (Å²) in [7, 11) is 0. The first-order valence-electron chi connectivity index (χ1n) is 9.12. The highest BCUT2D eigenvalue weighted by Crippen LogP contribution is 2.31. The Morgan fingerprint density at radius 2 is 1.84 bits per heavy atom. The van der Waals surface area contributed by atoms with Crippen LogP contribution in [0.4, 0.5) is 5.82 Å². The van der Waals surface area contributed by atoms with E-state index < -0.39 is 0 Å². The number of benzene rings is 1. The van der Waals surface area contributed by atoms with Crippen LogP contribution in [0.15, 0.2) is 36.4 Å². The van der Waals surface area contributed by atoms with Gasteiger partial charge in [-0.1, -0.05) is 64.4 Å². The first kappa shape index (κ1) is 17.5. The molecule has 0 radical (unpaired) electrons. The van der Waals surface area contributed by atoms with Crippen molar-refractivity contribution in [2.24, 2.45) is 0 Å². The van der Waals surface area contributed by atoms with Gasteiger partial charge in [0, 0.05) is 23.6 Å². The molecule has 3 aromatic rings. The highest BCUT2D eigenvalue weighted by molar-refractivity contribution is 5.81. The molecule has 0 unspecified atom stereocenters. The molecule has 0 spiro atoms. The van der Waals surface area contributed by atoms with Crippen LogP contribution in [0.1, 0.15) is 51.9 Å². The van der Waals surface area contributed by atoms with E-state index in [1.807, 2.05) is 10.6 Å².